The summed E-state index contributed by atoms with van der Waals surface area (Å²) in [6, 6.07) is 5.45. The highest BCUT2D eigenvalue weighted by Crippen LogP contribution is 2.19. The van der Waals surface area contributed by atoms with Gasteiger partial charge >= 0.3 is 0 Å². The lowest BCUT2D eigenvalue weighted by molar-refractivity contribution is 0.470. The lowest BCUT2D eigenvalue weighted by Crippen LogP contribution is -1.86. The summed E-state index contributed by atoms with van der Waals surface area (Å²) in [7, 11) is 0. The van der Waals surface area contributed by atoms with E-state index in [-0.39, 0.29) is 5.75 Å². The molecule has 0 saturated heterocycles. The van der Waals surface area contributed by atoms with Crippen molar-refractivity contribution in [3.05, 3.63) is 42.0 Å². The smallest absolute Gasteiger partial charge is 0.252 e. The first-order valence-corrected chi connectivity index (χ1v) is 4.72. The van der Waals surface area contributed by atoms with Crippen molar-refractivity contribution in [2.45, 2.75) is 6.92 Å². The summed E-state index contributed by atoms with van der Waals surface area (Å²) in [5.74, 6) is 0.538. The van der Waals surface area contributed by atoms with Crippen LogP contribution in [0, 0.1) is 6.92 Å². The van der Waals surface area contributed by atoms with Crippen LogP contribution in [0.5, 0.6) is 5.75 Å². The second-order valence-electron chi connectivity index (χ2n) is 3.21. The van der Waals surface area contributed by atoms with E-state index in [2.05, 4.69) is 19.9 Å². The Morgan fingerprint density at radius 2 is 2.00 bits per heavy atom. The molecule has 2 rings (SSSR count). The van der Waals surface area contributed by atoms with E-state index >= 15 is 0 Å². The molecule has 1 aromatic carbocycles. The molecule has 1 heterocycles. The van der Waals surface area contributed by atoms with Crippen molar-refractivity contribution in [3.63, 3.8) is 0 Å². The van der Waals surface area contributed by atoms with Crippen molar-refractivity contribution in [1.82, 2.24) is 15.0 Å². The molecule has 16 heavy (non-hydrogen) atoms. The molecule has 80 valence electrons. The Labute approximate surface area is 92.6 Å². The predicted molar refractivity (Wildman–Crippen MR) is 59.9 cm³/mol. The van der Waals surface area contributed by atoms with Gasteiger partial charge in [-0.2, -0.15) is 9.97 Å². The summed E-state index contributed by atoms with van der Waals surface area (Å²) in [6.45, 7) is 1.83. The van der Waals surface area contributed by atoms with E-state index < -0.39 is 0 Å². The van der Waals surface area contributed by atoms with Crippen LogP contribution in [-0.2, 0) is 0 Å². The molecule has 0 spiro atoms. The number of aliphatic imine (C=N–C) groups is 1. The largest absolute Gasteiger partial charge is 0.507 e. The number of nitrogens with zero attached hydrogens (tertiary/aromatic N) is 4. The van der Waals surface area contributed by atoms with Gasteiger partial charge in [0, 0.05) is 11.8 Å². The molecule has 0 amide bonds. The monoisotopic (exact) mass is 214 g/mol. The number of hydrogen-bond donors (Lipinski definition) is 1. The van der Waals surface area contributed by atoms with Gasteiger partial charge in [0.05, 0.1) is 0 Å². The fraction of sp³-hybridized carbons (Fsp3) is 0.0909. The second kappa shape index (κ2) is 4.48. The summed E-state index contributed by atoms with van der Waals surface area (Å²) >= 11 is 0. The van der Waals surface area contributed by atoms with Crippen molar-refractivity contribution in [2.75, 3.05) is 0 Å². The lowest BCUT2D eigenvalue weighted by Gasteiger charge is -2.00. The molecule has 0 aliphatic rings. The molecule has 1 aromatic heterocycles. The second-order valence-corrected chi connectivity index (χ2v) is 3.21. The molecule has 0 fully saturated rings. The molecule has 0 bridgehead atoms. The maximum Gasteiger partial charge on any atom is 0.252 e. The molecule has 5 heteroatoms. The lowest BCUT2D eigenvalue weighted by atomic mass is 10.1. The standard InChI is InChI=1S/C11H10N4O/c1-8-3-2-4-9(10(8)16)5-13-11-14-6-12-7-15-11/h2-7,16H,1H3/b13-5+. The van der Waals surface area contributed by atoms with E-state index in [4.69, 9.17) is 0 Å². The normalized spacial score (nSPS) is 10.8. The van der Waals surface area contributed by atoms with Crippen LogP contribution < -0.4 is 0 Å². The topological polar surface area (TPSA) is 71.3 Å². The zero-order valence-electron chi connectivity index (χ0n) is 8.70. The van der Waals surface area contributed by atoms with Crippen LogP contribution in [0.4, 0.5) is 5.95 Å². The molecule has 0 aliphatic carbocycles. The number of para-hydroxylation sites is 1. The zero-order valence-corrected chi connectivity index (χ0v) is 8.70. The highest BCUT2D eigenvalue weighted by atomic mass is 16.3. The predicted octanol–water partition coefficient (Wildman–Crippen LogP) is 1.64. The molecule has 5 nitrogen and oxygen atoms in total. The Hall–Kier alpha value is -2.30. The number of aryl methyl sites for hydroxylation is 1. The van der Waals surface area contributed by atoms with Crippen LogP contribution in [0.25, 0.3) is 0 Å². The van der Waals surface area contributed by atoms with Crippen LogP contribution in [0.2, 0.25) is 0 Å². The summed E-state index contributed by atoms with van der Waals surface area (Å²) in [5, 5.41) is 9.73. The first-order chi connectivity index (χ1) is 7.77. The van der Waals surface area contributed by atoms with Crippen LogP contribution in [-0.4, -0.2) is 26.3 Å². The van der Waals surface area contributed by atoms with Gasteiger partial charge < -0.3 is 5.11 Å². The van der Waals surface area contributed by atoms with Gasteiger partial charge in [-0.05, 0) is 18.6 Å². The first-order valence-electron chi connectivity index (χ1n) is 4.72. The minimum atomic E-state index is 0.223. The summed E-state index contributed by atoms with van der Waals surface area (Å²) in [4.78, 5) is 15.4. The van der Waals surface area contributed by atoms with E-state index in [1.807, 2.05) is 19.1 Å². The zero-order chi connectivity index (χ0) is 11.4. The highest BCUT2D eigenvalue weighted by Gasteiger charge is 2.00. The molecule has 0 aliphatic heterocycles. The van der Waals surface area contributed by atoms with Crippen molar-refractivity contribution in [1.29, 1.82) is 0 Å². The molecule has 2 aromatic rings. The third-order valence-corrected chi connectivity index (χ3v) is 2.07. The number of rotatable bonds is 2. The number of aromatic hydroxyl groups is 1. The minimum absolute atomic E-state index is 0.223. The van der Waals surface area contributed by atoms with Crippen LogP contribution >= 0.6 is 0 Å². The van der Waals surface area contributed by atoms with Gasteiger partial charge in [0.1, 0.15) is 18.4 Å². The maximum absolute atomic E-state index is 9.73. The average molecular weight is 214 g/mol. The number of phenols is 1. The number of aromatic nitrogens is 3. The van der Waals surface area contributed by atoms with Crippen molar-refractivity contribution < 1.29 is 5.11 Å². The fourth-order valence-corrected chi connectivity index (χ4v) is 1.21. The van der Waals surface area contributed by atoms with Crippen molar-refractivity contribution >= 4 is 12.2 Å². The first kappa shape index (κ1) is 10.2. The molecule has 0 radical (unpaired) electrons. The van der Waals surface area contributed by atoms with E-state index in [0.717, 1.165) is 5.56 Å². The van der Waals surface area contributed by atoms with Gasteiger partial charge in [-0.3, -0.25) is 0 Å². The van der Waals surface area contributed by atoms with Gasteiger partial charge in [0.15, 0.2) is 0 Å². The van der Waals surface area contributed by atoms with Gasteiger partial charge in [0.2, 0.25) is 0 Å². The quantitative estimate of drug-likeness (QED) is 0.771. The number of hydrogen-bond acceptors (Lipinski definition) is 5. The molecule has 0 unspecified atom stereocenters. The van der Waals surface area contributed by atoms with Crippen LogP contribution in [0.1, 0.15) is 11.1 Å². The van der Waals surface area contributed by atoms with Crippen molar-refractivity contribution in [2.24, 2.45) is 4.99 Å². The van der Waals surface area contributed by atoms with Crippen LogP contribution in [0.3, 0.4) is 0 Å². The van der Waals surface area contributed by atoms with E-state index in [9.17, 15) is 5.11 Å². The maximum atomic E-state index is 9.73. The summed E-state index contributed by atoms with van der Waals surface area (Å²) < 4.78 is 0. The highest BCUT2D eigenvalue weighted by molar-refractivity contribution is 5.85. The fourth-order valence-electron chi connectivity index (χ4n) is 1.21. The summed E-state index contributed by atoms with van der Waals surface area (Å²) in [5.41, 5.74) is 1.44. The third-order valence-electron chi connectivity index (χ3n) is 2.07. The Morgan fingerprint density at radius 1 is 1.25 bits per heavy atom. The van der Waals surface area contributed by atoms with Gasteiger partial charge in [-0.15, -0.1) is 0 Å². The summed E-state index contributed by atoms with van der Waals surface area (Å²) in [6.07, 6.45) is 4.27. The number of phenolic OH excluding ortho intramolecular Hbond substituents is 1. The molecule has 0 atom stereocenters. The van der Waals surface area contributed by atoms with Crippen LogP contribution in [0.15, 0.2) is 35.8 Å². The SMILES string of the molecule is Cc1cccc(/C=N/c2ncncn2)c1O. The Morgan fingerprint density at radius 3 is 2.75 bits per heavy atom. The van der Waals surface area contributed by atoms with Crippen molar-refractivity contribution in [3.8, 4) is 5.75 Å². The molecule has 1 N–H and O–H groups in total. The molecule has 0 saturated carbocycles. The van der Waals surface area contributed by atoms with Gasteiger partial charge in [0.25, 0.3) is 5.95 Å². The average Bonchev–Trinajstić information content (AvgIpc) is 2.32. The van der Waals surface area contributed by atoms with Gasteiger partial charge in [-0.1, -0.05) is 12.1 Å². The third kappa shape index (κ3) is 2.20. The number of benzene rings is 1. The molecular formula is C11H10N4O. The molecular weight excluding hydrogens is 204 g/mol. The van der Waals surface area contributed by atoms with E-state index in [1.54, 1.807) is 6.07 Å². The Bertz CT molecular complexity index is 511. The Balaban J connectivity index is 2.28. The Kier molecular flexibility index (Phi) is 2.86. The minimum Gasteiger partial charge on any atom is -0.507 e. The van der Waals surface area contributed by atoms with E-state index in [1.165, 1.54) is 18.9 Å². The van der Waals surface area contributed by atoms with Gasteiger partial charge in [-0.25, -0.2) is 9.98 Å². The van der Waals surface area contributed by atoms with E-state index in [0.29, 0.717) is 11.5 Å².